The van der Waals surface area contributed by atoms with E-state index in [1.165, 1.54) is 4.90 Å². The Morgan fingerprint density at radius 2 is 1.57 bits per heavy atom. The van der Waals surface area contributed by atoms with Crippen LogP contribution in [0, 0.1) is 0 Å². The van der Waals surface area contributed by atoms with Crippen LogP contribution in [0.5, 0.6) is 0 Å². The molecule has 206 valence electrons. The first-order valence-corrected chi connectivity index (χ1v) is 13.1. The average Bonchev–Trinajstić information content (AvgIpc) is 3.38. The number of nitrogens with two attached hydrogens (primary N) is 3. The molecule has 0 bridgehead atoms. The van der Waals surface area contributed by atoms with Crippen molar-refractivity contribution in [1.82, 2.24) is 15.5 Å². The van der Waals surface area contributed by atoms with Gasteiger partial charge in [0.2, 0.25) is 17.7 Å². The number of carbonyl (C=O) groups excluding carboxylic acids is 3. The fourth-order valence-electron chi connectivity index (χ4n) is 4.51. The minimum atomic E-state index is -1.12. The van der Waals surface area contributed by atoms with Gasteiger partial charge in [-0.25, -0.2) is 4.79 Å². The smallest absolute Gasteiger partial charge is 0.326 e. The number of nitrogens with zero attached hydrogens (tertiary/aromatic N) is 1. The van der Waals surface area contributed by atoms with Gasteiger partial charge in [0.25, 0.3) is 0 Å². The summed E-state index contributed by atoms with van der Waals surface area (Å²) < 4.78 is 0. The Kier molecular flexibility index (Phi) is 13.0. The summed E-state index contributed by atoms with van der Waals surface area (Å²) in [6.07, 6.45) is 4.50. The molecule has 1 aliphatic heterocycles. The first-order valence-electron chi connectivity index (χ1n) is 13.1. The maximum Gasteiger partial charge on any atom is 0.326 e. The largest absolute Gasteiger partial charge is 0.480 e. The fraction of sp³-hybridized carbons (Fsp3) is 0.615. The summed E-state index contributed by atoms with van der Waals surface area (Å²) in [5, 5.41) is 14.9. The SMILES string of the molecule is NCCCCC(NC(=O)C1CCCN1C(=O)C(CCCCN)NC(=O)C(N)Cc1ccccc1)C(=O)O. The van der Waals surface area contributed by atoms with Crippen molar-refractivity contribution in [3.05, 3.63) is 35.9 Å². The zero-order chi connectivity index (χ0) is 27.2. The van der Waals surface area contributed by atoms with Gasteiger partial charge in [0.15, 0.2) is 0 Å². The van der Waals surface area contributed by atoms with Gasteiger partial charge in [-0.15, -0.1) is 0 Å². The first-order chi connectivity index (χ1) is 17.8. The highest BCUT2D eigenvalue weighted by Gasteiger charge is 2.39. The van der Waals surface area contributed by atoms with E-state index in [4.69, 9.17) is 17.2 Å². The topological polar surface area (TPSA) is 194 Å². The molecule has 1 heterocycles. The second-order valence-electron chi connectivity index (χ2n) is 9.52. The molecule has 3 amide bonds. The lowest BCUT2D eigenvalue weighted by Gasteiger charge is -2.30. The van der Waals surface area contributed by atoms with E-state index < -0.39 is 42.0 Å². The highest BCUT2D eigenvalue weighted by molar-refractivity contribution is 5.94. The summed E-state index contributed by atoms with van der Waals surface area (Å²) in [6.45, 7) is 1.25. The standard InChI is InChI=1S/C26H42N6O5/c27-14-6-4-11-20(30-23(33)19(29)17-18-9-2-1-3-10-18)25(35)32-16-8-13-22(32)24(34)31-21(26(36)37)12-5-7-15-28/h1-3,9-10,19-22H,4-8,11-17,27-29H2,(H,30,33)(H,31,34)(H,36,37). The van der Waals surface area contributed by atoms with E-state index >= 15 is 0 Å². The van der Waals surface area contributed by atoms with Crippen molar-refractivity contribution >= 4 is 23.7 Å². The number of amides is 3. The van der Waals surface area contributed by atoms with Gasteiger partial charge < -0.3 is 37.8 Å². The third-order valence-electron chi connectivity index (χ3n) is 6.60. The number of carboxylic acids is 1. The van der Waals surface area contributed by atoms with Crippen molar-refractivity contribution in [2.24, 2.45) is 17.2 Å². The number of nitrogens with one attached hydrogen (secondary N) is 2. The van der Waals surface area contributed by atoms with Crippen molar-refractivity contribution < 1.29 is 24.3 Å². The van der Waals surface area contributed by atoms with E-state index in [0.29, 0.717) is 71.0 Å². The Labute approximate surface area is 218 Å². The highest BCUT2D eigenvalue weighted by atomic mass is 16.4. The van der Waals surface area contributed by atoms with Crippen LogP contribution >= 0.6 is 0 Å². The molecule has 37 heavy (non-hydrogen) atoms. The molecule has 4 unspecified atom stereocenters. The molecular formula is C26H42N6O5. The van der Waals surface area contributed by atoms with Crippen molar-refractivity contribution in [3.8, 4) is 0 Å². The summed E-state index contributed by atoms with van der Waals surface area (Å²) in [7, 11) is 0. The Morgan fingerprint density at radius 3 is 2.16 bits per heavy atom. The second-order valence-corrected chi connectivity index (χ2v) is 9.52. The van der Waals surface area contributed by atoms with E-state index in [1.54, 1.807) is 0 Å². The minimum Gasteiger partial charge on any atom is -0.480 e. The number of hydrogen-bond acceptors (Lipinski definition) is 7. The first kappa shape index (κ1) is 30.2. The van der Waals surface area contributed by atoms with Crippen LogP contribution in [0.15, 0.2) is 30.3 Å². The molecule has 0 spiro atoms. The lowest BCUT2D eigenvalue weighted by Crippen LogP contribution is -2.57. The van der Waals surface area contributed by atoms with Gasteiger partial charge in [-0.2, -0.15) is 0 Å². The van der Waals surface area contributed by atoms with E-state index in [0.717, 1.165) is 5.56 Å². The second kappa shape index (κ2) is 16.0. The zero-order valence-electron chi connectivity index (χ0n) is 21.4. The number of unbranched alkanes of at least 4 members (excludes halogenated alkanes) is 2. The molecule has 11 heteroatoms. The van der Waals surface area contributed by atoms with Crippen LogP contribution in [-0.2, 0) is 25.6 Å². The molecular weight excluding hydrogens is 476 g/mol. The van der Waals surface area contributed by atoms with Crippen LogP contribution in [-0.4, -0.2) is 77.5 Å². The molecule has 4 atom stereocenters. The third kappa shape index (κ3) is 9.75. The summed E-state index contributed by atoms with van der Waals surface area (Å²) >= 11 is 0. The molecule has 0 radical (unpaired) electrons. The summed E-state index contributed by atoms with van der Waals surface area (Å²) in [5.41, 5.74) is 18.1. The molecule has 11 nitrogen and oxygen atoms in total. The molecule has 0 aromatic heterocycles. The predicted molar refractivity (Wildman–Crippen MR) is 140 cm³/mol. The van der Waals surface area contributed by atoms with E-state index in [9.17, 15) is 24.3 Å². The number of rotatable bonds is 16. The number of hydrogen-bond donors (Lipinski definition) is 6. The number of benzene rings is 1. The maximum atomic E-state index is 13.5. The van der Waals surface area contributed by atoms with E-state index in [-0.39, 0.29) is 12.3 Å². The fourth-order valence-corrected chi connectivity index (χ4v) is 4.51. The van der Waals surface area contributed by atoms with Crippen molar-refractivity contribution in [2.75, 3.05) is 19.6 Å². The molecule has 9 N–H and O–H groups in total. The number of likely N-dealkylation sites (tertiary alicyclic amines) is 1. The van der Waals surface area contributed by atoms with Crippen LogP contribution in [0.3, 0.4) is 0 Å². The summed E-state index contributed by atoms with van der Waals surface area (Å²) in [4.78, 5) is 52.5. The Hall–Kier alpha value is -3.02. The lowest BCUT2D eigenvalue weighted by molar-refractivity contribution is -0.145. The van der Waals surface area contributed by atoms with Crippen LogP contribution in [0.2, 0.25) is 0 Å². The predicted octanol–water partition coefficient (Wildman–Crippen LogP) is -0.140. The van der Waals surface area contributed by atoms with Crippen molar-refractivity contribution in [2.45, 2.75) is 82.0 Å². The van der Waals surface area contributed by atoms with Crippen LogP contribution < -0.4 is 27.8 Å². The Balaban J connectivity index is 2.07. The molecule has 1 aliphatic rings. The minimum absolute atomic E-state index is 0.260. The normalized spacial score (nSPS) is 17.6. The Morgan fingerprint density at radius 1 is 0.946 bits per heavy atom. The van der Waals surface area contributed by atoms with Crippen molar-refractivity contribution in [3.63, 3.8) is 0 Å². The summed E-state index contributed by atoms with van der Waals surface area (Å²) in [6, 6.07) is 5.83. The van der Waals surface area contributed by atoms with Gasteiger partial charge in [0, 0.05) is 6.54 Å². The van der Waals surface area contributed by atoms with Gasteiger partial charge in [-0.3, -0.25) is 14.4 Å². The van der Waals surface area contributed by atoms with E-state index in [1.807, 2.05) is 30.3 Å². The van der Waals surface area contributed by atoms with Crippen molar-refractivity contribution in [1.29, 1.82) is 0 Å². The van der Waals surface area contributed by atoms with Crippen LogP contribution in [0.1, 0.15) is 56.9 Å². The lowest BCUT2D eigenvalue weighted by atomic mass is 10.0. The van der Waals surface area contributed by atoms with Gasteiger partial charge in [-0.05, 0) is 76.4 Å². The molecule has 1 saturated heterocycles. The van der Waals surface area contributed by atoms with E-state index in [2.05, 4.69) is 10.6 Å². The third-order valence-corrected chi connectivity index (χ3v) is 6.60. The quantitative estimate of drug-likeness (QED) is 0.163. The number of aliphatic carboxylic acids is 1. The van der Waals surface area contributed by atoms with Gasteiger partial charge in [0.1, 0.15) is 18.1 Å². The zero-order valence-corrected chi connectivity index (χ0v) is 21.4. The summed E-state index contributed by atoms with van der Waals surface area (Å²) in [5.74, 6) is -2.44. The maximum absolute atomic E-state index is 13.5. The molecule has 0 aliphatic carbocycles. The average molecular weight is 519 g/mol. The van der Waals surface area contributed by atoms with Gasteiger partial charge in [-0.1, -0.05) is 30.3 Å². The van der Waals surface area contributed by atoms with Gasteiger partial charge in [0.05, 0.1) is 6.04 Å². The van der Waals surface area contributed by atoms with Crippen LogP contribution in [0.4, 0.5) is 0 Å². The molecule has 2 rings (SSSR count). The highest BCUT2D eigenvalue weighted by Crippen LogP contribution is 2.20. The molecule has 1 aromatic rings. The molecule has 1 aromatic carbocycles. The van der Waals surface area contributed by atoms with Gasteiger partial charge >= 0.3 is 5.97 Å². The number of carbonyl (C=O) groups is 4. The monoisotopic (exact) mass is 518 g/mol. The Bertz CT molecular complexity index is 883. The molecule has 1 fully saturated rings. The van der Waals surface area contributed by atoms with Crippen LogP contribution in [0.25, 0.3) is 0 Å². The molecule has 0 saturated carbocycles. The number of carboxylic acid groups (broad SMARTS) is 1.